The molecule has 0 aliphatic heterocycles. The largest absolute Gasteiger partial charge is 0.357 e. The molecule has 1 aromatic heterocycles. The van der Waals surface area contributed by atoms with Gasteiger partial charge in [-0.15, -0.1) is 0 Å². The number of aromatic nitrogens is 1. The lowest BCUT2D eigenvalue weighted by Crippen LogP contribution is -2.37. The van der Waals surface area contributed by atoms with E-state index in [0.29, 0.717) is 24.6 Å². The number of rotatable bonds is 5. The van der Waals surface area contributed by atoms with E-state index in [4.69, 9.17) is 0 Å². The minimum Gasteiger partial charge on any atom is -0.357 e. The second kappa shape index (κ2) is 8.43. The van der Waals surface area contributed by atoms with Crippen LogP contribution in [0.5, 0.6) is 0 Å². The lowest BCUT2D eigenvalue weighted by molar-refractivity contribution is 0.616. The molecule has 0 fully saturated rings. The highest BCUT2D eigenvalue weighted by atomic mass is 19.1. The molecule has 0 unspecified atom stereocenters. The fourth-order valence-electron chi connectivity index (χ4n) is 2.74. The van der Waals surface area contributed by atoms with Crippen LogP contribution in [0.25, 0.3) is 10.8 Å². The van der Waals surface area contributed by atoms with Gasteiger partial charge >= 0.3 is 0 Å². The van der Waals surface area contributed by atoms with E-state index < -0.39 is 0 Å². The summed E-state index contributed by atoms with van der Waals surface area (Å²) in [6.07, 6.45) is 1.82. The molecule has 4 nitrogen and oxygen atoms in total. The third kappa shape index (κ3) is 4.36. The fourth-order valence-corrected chi connectivity index (χ4v) is 2.74. The van der Waals surface area contributed by atoms with Crippen LogP contribution < -0.4 is 10.6 Å². The van der Waals surface area contributed by atoms with Crippen molar-refractivity contribution in [3.8, 4) is 0 Å². The average molecular weight is 350 g/mol. The van der Waals surface area contributed by atoms with Crippen molar-refractivity contribution in [1.29, 1.82) is 0 Å². The molecule has 0 bridgehead atoms. The Labute approximate surface area is 153 Å². The van der Waals surface area contributed by atoms with E-state index in [1.807, 2.05) is 37.4 Å². The maximum absolute atomic E-state index is 13.7. The minimum absolute atomic E-state index is 0.199. The number of hydrogen-bond acceptors (Lipinski definition) is 2. The number of nitrogens with one attached hydrogen (secondary N) is 2. The summed E-state index contributed by atoms with van der Waals surface area (Å²) < 4.78 is 13.7. The molecule has 3 aromatic rings. The van der Waals surface area contributed by atoms with Gasteiger partial charge in [0.2, 0.25) is 0 Å². The van der Waals surface area contributed by atoms with Crippen LogP contribution in [0.15, 0.2) is 59.7 Å². The molecule has 0 aliphatic carbocycles. The quantitative estimate of drug-likeness (QED) is 0.541. The zero-order chi connectivity index (χ0) is 18.4. The molecule has 1 heterocycles. The molecule has 26 heavy (non-hydrogen) atoms. The predicted molar refractivity (Wildman–Crippen MR) is 105 cm³/mol. The standard InChI is InChI=1S/C21H23FN4/c1-3-23-21(25-13-16-9-8-15(2)19(22)12-16)26-14-20-18-7-5-4-6-17(18)10-11-24-20/h4-12H,3,13-14H2,1-2H3,(H2,23,25,26). The number of guanidine groups is 1. The molecular weight excluding hydrogens is 327 g/mol. The van der Waals surface area contributed by atoms with Crippen molar-refractivity contribution in [1.82, 2.24) is 15.6 Å². The van der Waals surface area contributed by atoms with Gasteiger partial charge in [0, 0.05) is 18.1 Å². The first-order valence-electron chi connectivity index (χ1n) is 8.77. The number of fused-ring (bicyclic) bond motifs is 1. The number of pyridine rings is 1. The van der Waals surface area contributed by atoms with Gasteiger partial charge in [-0.25, -0.2) is 9.38 Å². The lowest BCUT2D eigenvalue weighted by Gasteiger charge is -2.12. The zero-order valence-electron chi connectivity index (χ0n) is 15.1. The van der Waals surface area contributed by atoms with E-state index in [1.165, 1.54) is 6.07 Å². The number of nitrogens with zero attached hydrogens (tertiary/aromatic N) is 2. The molecule has 3 rings (SSSR count). The van der Waals surface area contributed by atoms with Crippen LogP contribution in [0.3, 0.4) is 0 Å². The van der Waals surface area contributed by atoms with Crippen LogP contribution in [0.2, 0.25) is 0 Å². The van der Waals surface area contributed by atoms with Crippen LogP contribution in [-0.4, -0.2) is 17.5 Å². The van der Waals surface area contributed by atoms with Crippen molar-refractivity contribution in [2.45, 2.75) is 26.9 Å². The Morgan fingerprint density at radius 3 is 2.77 bits per heavy atom. The normalized spacial score (nSPS) is 11.6. The van der Waals surface area contributed by atoms with Gasteiger partial charge in [0.15, 0.2) is 5.96 Å². The topological polar surface area (TPSA) is 49.3 Å². The van der Waals surface area contributed by atoms with Crippen molar-refractivity contribution < 1.29 is 4.39 Å². The summed E-state index contributed by atoms with van der Waals surface area (Å²) in [4.78, 5) is 9.03. The Kier molecular flexibility index (Phi) is 5.79. The third-order valence-corrected chi connectivity index (χ3v) is 4.18. The van der Waals surface area contributed by atoms with Crippen molar-refractivity contribution in [2.75, 3.05) is 6.54 Å². The van der Waals surface area contributed by atoms with Crippen LogP contribution >= 0.6 is 0 Å². The van der Waals surface area contributed by atoms with E-state index in [1.54, 1.807) is 13.0 Å². The van der Waals surface area contributed by atoms with E-state index >= 15 is 0 Å². The Morgan fingerprint density at radius 2 is 1.96 bits per heavy atom. The number of benzene rings is 2. The summed E-state index contributed by atoms with van der Waals surface area (Å²) in [6.45, 7) is 5.49. The predicted octanol–water partition coefficient (Wildman–Crippen LogP) is 3.94. The van der Waals surface area contributed by atoms with Crippen LogP contribution in [0.1, 0.15) is 23.7 Å². The minimum atomic E-state index is -0.199. The smallest absolute Gasteiger partial charge is 0.191 e. The van der Waals surface area contributed by atoms with Crippen LogP contribution in [0, 0.1) is 12.7 Å². The van der Waals surface area contributed by atoms with E-state index in [-0.39, 0.29) is 5.82 Å². The van der Waals surface area contributed by atoms with Gasteiger partial charge in [0.1, 0.15) is 5.82 Å². The highest BCUT2D eigenvalue weighted by Crippen LogP contribution is 2.16. The molecule has 2 aromatic carbocycles. The summed E-state index contributed by atoms with van der Waals surface area (Å²) in [5.41, 5.74) is 2.45. The average Bonchev–Trinajstić information content (AvgIpc) is 2.66. The van der Waals surface area contributed by atoms with Crippen molar-refractivity contribution in [3.05, 3.63) is 77.4 Å². The first kappa shape index (κ1) is 17.9. The monoisotopic (exact) mass is 350 g/mol. The number of halogens is 1. The van der Waals surface area contributed by atoms with Crippen molar-refractivity contribution >= 4 is 16.7 Å². The molecule has 0 amide bonds. The highest BCUT2D eigenvalue weighted by molar-refractivity contribution is 5.85. The molecule has 2 N–H and O–H groups in total. The molecule has 0 spiro atoms. The van der Waals surface area contributed by atoms with E-state index in [9.17, 15) is 4.39 Å². The summed E-state index contributed by atoms with van der Waals surface area (Å²) in [5, 5.41) is 8.81. The number of hydrogen-bond donors (Lipinski definition) is 2. The Balaban J connectivity index is 1.72. The van der Waals surface area contributed by atoms with Gasteiger partial charge in [0.05, 0.1) is 18.8 Å². The van der Waals surface area contributed by atoms with Crippen LogP contribution in [0.4, 0.5) is 4.39 Å². The molecule has 0 saturated carbocycles. The maximum atomic E-state index is 13.7. The molecule has 134 valence electrons. The van der Waals surface area contributed by atoms with Gasteiger partial charge in [-0.3, -0.25) is 4.98 Å². The first-order chi connectivity index (χ1) is 12.7. The van der Waals surface area contributed by atoms with Gasteiger partial charge in [-0.05, 0) is 42.5 Å². The first-order valence-corrected chi connectivity index (χ1v) is 8.77. The van der Waals surface area contributed by atoms with Crippen molar-refractivity contribution in [3.63, 3.8) is 0 Å². The lowest BCUT2D eigenvalue weighted by atomic mass is 10.1. The molecular formula is C21H23FN4. The molecule has 0 aliphatic rings. The number of aliphatic imine (C=N–C) groups is 1. The van der Waals surface area contributed by atoms with Crippen LogP contribution in [-0.2, 0) is 13.1 Å². The summed E-state index contributed by atoms with van der Waals surface area (Å²) >= 11 is 0. The summed E-state index contributed by atoms with van der Waals surface area (Å²) in [6, 6.07) is 15.4. The maximum Gasteiger partial charge on any atom is 0.191 e. The second-order valence-electron chi connectivity index (χ2n) is 6.11. The zero-order valence-corrected chi connectivity index (χ0v) is 15.1. The van der Waals surface area contributed by atoms with Gasteiger partial charge in [-0.1, -0.05) is 36.4 Å². The Bertz CT molecular complexity index is 916. The third-order valence-electron chi connectivity index (χ3n) is 4.18. The van der Waals surface area contributed by atoms with Gasteiger partial charge < -0.3 is 10.6 Å². The van der Waals surface area contributed by atoms with Crippen molar-refractivity contribution in [2.24, 2.45) is 4.99 Å². The SMILES string of the molecule is CCNC(=NCc1ccc(C)c(F)c1)NCc1nccc2ccccc12. The van der Waals surface area contributed by atoms with Gasteiger partial charge in [-0.2, -0.15) is 0 Å². The Morgan fingerprint density at radius 1 is 1.12 bits per heavy atom. The van der Waals surface area contributed by atoms with E-state index in [2.05, 4.69) is 32.7 Å². The fraction of sp³-hybridized carbons (Fsp3) is 0.238. The molecule has 0 saturated heterocycles. The molecule has 0 radical (unpaired) electrons. The highest BCUT2D eigenvalue weighted by Gasteiger charge is 2.04. The van der Waals surface area contributed by atoms with E-state index in [0.717, 1.165) is 28.6 Å². The second-order valence-corrected chi connectivity index (χ2v) is 6.11. The molecule has 0 atom stereocenters. The summed E-state index contributed by atoms with van der Waals surface area (Å²) in [5.74, 6) is 0.485. The Hall–Kier alpha value is -2.95. The molecule has 5 heteroatoms. The van der Waals surface area contributed by atoms with Gasteiger partial charge in [0.25, 0.3) is 0 Å². The number of aryl methyl sites for hydroxylation is 1. The summed E-state index contributed by atoms with van der Waals surface area (Å²) in [7, 11) is 0.